The van der Waals surface area contributed by atoms with E-state index in [9.17, 15) is 0 Å². The molecule has 9 heteroatoms. The van der Waals surface area contributed by atoms with Crippen LogP contribution in [-0.4, -0.2) is 107 Å². The van der Waals surface area contributed by atoms with Crippen molar-refractivity contribution in [3.05, 3.63) is 0 Å². The van der Waals surface area contributed by atoms with Gasteiger partial charge in [-0.15, -0.1) is 14.0 Å². The third kappa shape index (κ3) is 4.49. The highest BCUT2D eigenvalue weighted by molar-refractivity contribution is 7.75. The molecule has 0 unspecified atom stereocenters. The normalized spacial score (nSPS) is 29.5. The highest BCUT2D eigenvalue weighted by Gasteiger charge is 2.62. The van der Waals surface area contributed by atoms with Crippen LogP contribution in [0.25, 0.3) is 0 Å². The monoisotopic (exact) mass is 512 g/mol. The Hall–Kier alpha value is 0.420. The van der Waals surface area contributed by atoms with E-state index in [4.69, 9.17) is 4.52 Å². The first-order valence-corrected chi connectivity index (χ1v) is 17.6. The molecule has 0 atom stereocenters. The average Bonchev–Trinajstić information content (AvgIpc) is 3.72. The summed E-state index contributed by atoms with van der Waals surface area (Å²) in [7, 11) is -3.74. The van der Waals surface area contributed by atoms with Crippen LogP contribution in [0.4, 0.5) is 0 Å². The Morgan fingerprint density at radius 1 is 0.382 bits per heavy atom. The Balaban J connectivity index is 0.00000241. The number of nitrogens with zero attached hydrogens (tertiary/aromatic N) is 7. The average molecular weight is 513 g/mol. The highest BCUT2D eigenvalue weighted by atomic mass is 31.2. The van der Waals surface area contributed by atoms with Gasteiger partial charge in [0.2, 0.25) is 7.51 Å². The molecule has 34 heavy (non-hydrogen) atoms. The van der Waals surface area contributed by atoms with E-state index in [2.05, 4.69) is 28.0 Å². The Bertz CT molecular complexity index is 610. The summed E-state index contributed by atoms with van der Waals surface area (Å²) in [4.78, 5) is 0. The third-order valence-electron chi connectivity index (χ3n) is 9.01. The molecule has 0 N–H and O–H groups in total. The molecule has 0 bridgehead atoms. The fourth-order valence-corrected chi connectivity index (χ4v) is 18.5. The molecular weight excluding hydrogens is 460 g/mol. The minimum atomic E-state index is -1.87. The zero-order valence-electron chi connectivity index (χ0n) is 21.0. The molecule has 6 aliphatic heterocycles. The number of hydrogen-bond donors (Lipinski definition) is 0. The molecule has 196 valence electrons. The number of rotatable bonds is 7. The molecule has 0 aromatic rings. The largest absolute Gasteiger partial charge is 0.357 e. The zero-order valence-corrected chi connectivity index (χ0v) is 22.8. The lowest BCUT2D eigenvalue weighted by atomic mass is 10.4. The first kappa shape index (κ1) is 26.0. The lowest BCUT2D eigenvalue weighted by Crippen LogP contribution is -2.44. The molecule has 0 aliphatic carbocycles. The van der Waals surface area contributed by atoms with E-state index in [0.29, 0.717) is 0 Å². The summed E-state index contributed by atoms with van der Waals surface area (Å²) in [6, 6.07) is 0. The van der Waals surface area contributed by atoms with Gasteiger partial charge >= 0.3 is 7.87 Å². The van der Waals surface area contributed by atoms with Crippen LogP contribution in [-0.2, 0) is 0 Å². The predicted octanol–water partition coefficient (Wildman–Crippen LogP) is 5.82. The van der Waals surface area contributed by atoms with Gasteiger partial charge in [-0.1, -0.05) is 7.43 Å². The van der Waals surface area contributed by atoms with Gasteiger partial charge in [-0.25, -0.2) is 14.0 Å². The summed E-state index contributed by atoms with van der Waals surface area (Å²) in [5, 5.41) is 0. The van der Waals surface area contributed by atoms with Crippen molar-refractivity contribution >= 4 is 15.4 Å². The molecule has 7 nitrogen and oxygen atoms in total. The summed E-state index contributed by atoms with van der Waals surface area (Å²) in [5.74, 6) is 0. The van der Waals surface area contributed by atoms with E-state index in [1.54, 1.807) is 0 Å². The van der Waals surface area contributed by atoms with Gasteiger partial charge in [-0.05, 0) is 81.6 Å². The second kappa shape index (κ2) is 11.4. The lowest BCUT2D eigenvalue weighted by molar-refractivity contribution is 0.362. The van der Waals surface area contributed by atoms with Crippen molar-refractivity contribution < 1.29 is 0 Å². The van der Waals surface area contributed by atoms with Crippen LogP contribution in [0.15, 0.2) is 4.52 Å². The van der Waals surface area contributed by atoms with Gasteiger partial charge in [0.1, 0.15) is 0 Å². The minimum Gasteiger partial charge on any atom is -0.243 e. The van der Waals surface area contributed by atoms with Crippen molar-refractivity contribution in [1.29, 1.82) is 0 Å². The molecule has 6 aliphatic rings. The fourth-order valence-electron chi connectivity index (χ4n) is 7.39. The van der Waals surface area contributed by atoms with E-state index in [1.165, 1.54) is 156 Å². The van der Waals surface area contributed by atoms with Crippen molar-refractivity contribution in [2.24, 2.45) is 4.52 Å². The molecule has 0 amide bonds. The maximum atomic E-state index is 6.61. The quantitative estimate of drug-likeness (QED) is 0.400. The maximum absolute atomic E-state index is 6.61. The van der Waals surface area contributed by atoms with Crippen LogP contribution < -0.4 is 0 Å². The van der Waals surface area contributed by atoms with E-state index >= 15 is 0 Å². The molecular formula is C25H52N7P2+. The molecule has 6 fully saturated rings. The molecule has 0 radical (unpaired) electrons. The van der Waals surface area contributed by atoms with Crippen LogP contribution in [0.3, 0.4) is 0 Å². The number of hydrogen-bond acceptors (Lipinski definition) is 4. The van der Waals surface area contributed by atoms with Gasteiger partial charge in [-0.3, -0.25) is 0 Å². The molecule has 0 aromatic heterocycles. The topological polar surface area (TPSA) is 31.8 Å². The van der Waals surface area contributed by atoms with Crippen molar-refractivity contribution in [3.63, 3.8) is 0 Å². The maximum Gasteiger partial charge on any atom is 0.357 e. The smallest absolute Gasteiger partial charge is 0.243 e. The summed E-state index contributed by atoms with van der Waals surface area (Å²) in [6.45, 7) is 15.4. The van der Waals surface area contributed by atoms with Crippen LogP contribution in [0.5, 0.6) is 0 Å². The van der Waals surface area contributed by atoms with E-state index in [1.807, 2.05) is 0 Å². The summed E-state index contributed by atoms with van der Waals surface area (Å²) in [6.07, 6.45) is 16.5. The summed E-state index contributed by atoms with van der Waals surface area (Å²) in [5.41, 5.74) is 0. The third-order valence-corrected chi connectivity index (χ3v) is 17.9. The first-order valence-electron chi connectivity index (χ1n) is 14.4. The SMILES string of the molecule is C.C1CCN(P(=N[P+](N2CCCC2)(N2CCCC2)N2CCCC2)(N2CCCC2)N2CCCC2)C1. The zero-order chi connectivity index (χ0) is 22.1. The van der Waals surface area contributed by atoms with Crippen molar-refractivity contribution in [2.45, 2.75) is 84.5 Å². The van der Waals surface area contributed by atoms with E-state index in [-0.39, 0.29) is 7.43 Å². The van der Waals surface area contributed by atoms with Crippen molar-refractivity contribution in [3.8, 4) is 0 Å². The molecule has 6 saturated heterocycles. The van der Waals surface area contributed by atoms with Crippen molar-refractivity contribution in [1.82, 2.24) is 28.0 Å². The fraction of sp³-hybridized carbons (Fsp3) is 1.00. The van der Waals surface area contributed by atoms with Crippen LogP contribution >= 0.6 is 15.4 Å². The van der Waals surface area contributed by atoms with Crippen LogP contribution in [0.1, 0.15) is 84.5 Å². The Morgan fingerprint density at radius 2 is 0.618 bits per heavy atom. The predicted molar refractivity (Wildman–Crippen MR) is 148 cm³/mol. The van der Waals surface area contributed by atoms with E-state index < -0.39 is 15.4 Å². The van der Waals surface area contributed by atoms with Crippen LogP contribution in [0.2, 0.25) is 0 Å². The molecule has 0 saturated carbocycles. The Labute approximate surface area is 210 Å². The molecule has 0 spiro atoms. The summed E-state index contributed by atoms with van der Waals surface area (Å²) >= 11 is 0. The molecule has 6 rings (SSSR count). The van der Waals surface area contributed by atoms with Gasteiger partial charge in [0.15, 0.2) is 0 Å². The minimum absolute atomic E-state index is 0. The molecule has 6 heterocycles. The first-order chi connectivity index (χ1) is 16.3. The van der Waals surface area contributed by atoms with Gasteiger partial charge < -0.3 is 0 Å². The second-order valence-corrected chi connectivity index (χ2v) is 17.4. The Morgan fingerprint density at radius 3 is 0.882 bits per heavy atom. The highest BCUT2D eigenvalue weighted by Crippen LogP contribution is 2.79. The van der Waals surface area contributed by atoms with Gasteiger partial charge in [0, 0.05) is 78.5 Å². The van der Waals surface area contributed by atoms with Crippen LogP contribution in [0, 0.1) is 0 Å². The second-order valence-electron chi connectivity index (χ2n) is 11.1. The summed E-state index contributed by atoms with van der Waals surface area (Å²) < 4.78 is 24.4. The van der Waals surface area contributed by atoms with E-state index in [0.717, 1.165) is 0 Å². The van der Waals surface area contributed by atoms with Gasteiger partial charge in [-0.2, -0.15) is 0 Å². The lowest BCUT2D eigenvalue weighted by Gasteiger charge is -2.48. The standard InChI is InChI=1S/C24H48N7P2.CH4/c1-2-14-26(13-1)32(27-15-3-4-16-27,28-17-5-6-18-28)25-33(29-19-7-8-20-29,30-21-9-10-22-30)31-23-11-12-24-31;/h1-24H2;1H4/q+1;. The Kier molecular flexibility index (Phi) is 8.76. The van der Waals surface area contributed by atoms with Gasteiger partial charge in [0.05, 0.1) is 0 Å². The molecule has 0 aromatic carbocycles. The van der Waals surface area contributed by atoms with Gasteiger partial charge in [0.25, 0.3) is 0 Å². The van der Waals surface area contributed by atoms with Crippen molar-refractivity contribution in [2.75, 3.05) is 78.5 Å².